The monoisotopic (exact) mass is 230 g/mol. The van der Waals surface area contributed by atoms with Gasteiger partial charge in [-0.2, -0.15) is 0 Å². The second-order valence-electron chi connectivity index (χ2n) is 4.12. The first-order chi connectivity index (χ1) is 8.13. The molecule has 0 aliphatic carbocycles. The van der Waals surface area contributed by atoms with E-state index in [-0.39, 0.29) is 5.82 Å². The average molecular weight is 230 g/mol. The highest BCUT2D eigenvalue weighted by atomic mass is 19.1. The van der Waals surface area contributed by atoms with E-state index < -0.39 is 0 Å². The van der Waals surface area contributed by atoms with Crippen LogP contribution in [-0.4, -0.2) is 0 Å². The lowest BCUT2D eigenvalue weighted by Gasteiger charge is -2.08. The molecule has 2 nitrogen and oxygen atoms in total. The summed E-state index contributed by atoms with van der Waals surface area (Å²) in [5.74, 6) is -0.215. The Labute approximate surface area is 100 Å². The lowest BCUT2D eigenvalue weighted by Crippen LogP contribution is -2.00. The van der Waals surface area contributed by atoms with Gasteiger partial charge in [0.05, 0.1) is 0 Å². The highest BCUT2D eigenvalue weighted by molar-refractivity contribution is 5.56. The maximum Gasteiger partial charge on any atom is 0.123 e. The van der Waals surface area contributed by atoms with Crippen LogP contribution in [0.2, 0.25) is 0 Å². The Morgan fingerprint density at radius 2 is 2.00 bits per heavy atom. The lowest BCUT2D eigenvalue weighted by molar-refractivity contribution is 0.626. The van der Waals surface area contributed by atoms with E-state index in [9.17, 15) is 4.39 Å². The Kier molecular flexibility index (Phi) is 3.28. The zero-order valence-electron chi connectivity index (χ0n) is 9.70. The van der Waals surface area contributed by atoms with Gasteiger partial charge in [-0.15, -0.1) is 0 Å². The van der Waals surface area contributed by atoms with Gasteiger partial charge in [-0.05, 0) is 48.4 Å². The van der Waals surface area contributed by atoms with Gasteiger partial charge in [0.1, 0.15) is 5.82 Å². The van der Waals surface area contributed by atoms with E-state index in [4.69, 9.17) is 5.73 Å². The molecule has 2 rings (SSSR count). The van der Waals surface area contributed by atoms with E-state index in [1.54, 1.807) is 6.07 Å². The van der Waals surface area contributed by atoms with Gasteiger partial charge in [-0.3, -0.25) is 0 Å². The van der Waals surface area contributed by atoms with E-state index in [1.807, 2.05) is 31.2 Å². The third-order valence-corrected chi connectivity index (χ3v) is 2.49. The van der Waals surface area contributed by atoms with Crippen molar-refractivity contribution in [2.24, 2.45) is 0 Å². The van der Waals surface area contributed by atoms with Crippen LogP contribution in [0, 0.1) is 12.7 Å². The number of nitrogens with one attached hydrogen (secondary N) is 1. The van der Waals surface area contributed by atoms with Crippen LogP contribution in [0.4, 0.5) is 15.8 Å². The van der Waals surface area contributed by atoms with Crippen molar-refractivity contribution in [2.75, 3.05) is 11.1 Å². The van der Waals surface area contributed by atoms with Gasteiger partial charge in [0.25, 0.3) is 0 Å². The largest absolute Gasteiger partial charge is 0.399 e. The highest BCUT2D eigenvalue weighted by Gasteiger charge is 1.98. The maximum atomic E-state index is 13.0. The Morgan fingerprint density at radius 3 is 2.71 bits per heavy atom. The molecule has 0 aliphatic rings. The van der Waals surface area contributed by atoms with Gasteiger partial charge >= 0.3 is 0 Å². The smallest absolute Gasteiger partial charge is 0.123 e. The molecule has 88 valence electrons. The first kappa shape index (κ1) is 11.5. The van der Waals surface area contributed by atoms with Gasteiger partial charge in [0, 0.05) is 17.9 Å². The maximum absolute atomic E-state index is 13.0. The zero-order chi connectivity index (χ0) is 12.3. The number of nitrogen functional groups attached to an aromatic ring is 1. The summed E-state index contributed by atoms with van der Waals surface area (Å²) in [6, 6.07) is 12.3. The molecule has 3 heteroatoms. The zero-order valence-corrected chi connectivity index (χ0v) is 9.70. The predicted octanol–water partition coefficient (Wildman–Crippen LogP) is 3.33. The summed E-state index contributed by atoms with van der Waals surface area (Å²) in [5.41, 5.74) is 9.44. The first-order valence-electron chi connectivity index (χ1n) is 5.49. The summed E-state index contributed by atoms with van der Waals surface area (Å²) >= 11 is 0. The summed E-state index contributed by atoms with van der Waals surface area (Å²) in [7, 11) is 0. The van der Waals surface area contributed by atoms with Crippen molar-refractivity contribution >= 4 is 11.4 Å². The molecule has 2 aromatic carbocycles. The van der Waals surface area contributed by atoms with Crippen molar-refractivity contribution in [1.82, 2.24) is 0 Å². The molecule has 2 aromatic rings. The minimum atomic E-state index is -0.215. The number of rotatable bonds is 3. The predicted molar refractivity (Wildman–Crippen MR) is 69.3 cm³/mol. The molecule has 0 bridgehead atoms. The van der Waals surface area contributed by atoms with Crippen LogP contribution in [0.15, 0.2) is 42.5 Å². The van der Waals surface area contributed by atoms with Crippen LogP contribution in [-0.2, 0) is 6.54 Å². The second-order valence-corrected chi connectivity index (χ2v) is 4.12. The molecule has 0 radical (unpaired) electrons. The Hall–Kier alpha value is -2.03. The van der Waals surface area contributed by atoms with Gasteiger partial charge in [-0.1, -0.05) is 12.1 Å². The Balaban J connectivity index is 2.07. The van der Waals surface area contributed by atoms with Gasteiger partial charge < -0.3 is 11.1 Å². The minimum absolute atomic E-state index is 0.215. The molecule has 0 fully saturated rings. The van der Waals surface area contributed by atoms with Crippen LogP contribution in [0.1, 0.15) is 11.1 Å². The molecule has 17 heavy (non-hydrogen) atoms. The quantitative estimate of drug-likeness (QED) is 0.794. The fraction of sp³-hybridized carbons (Fsp3) is 0.143. The normalized spacial score (nSPS) is 10.2. The summed E-state index contributed by atoms with van der Waals surface area (Å²) < 4.78 is 13.0. The van der Waals surface area contributed by atoms with Crippen molar-refractivity contribution < 1.29 is 4.39 Å². The van der Waals surface area contributed by atoms with E-state index >= 15 is 0 Å². The number of nitrogens with two attached hydrogens (primary N) is 1. The summed E-state index contributed by atoms with van der Waals surface area (Å²) in [6.07, 6.45) is 0. The standard InChI is InChI=1S/C14H15FN2/c1-10-5-13(16)8-14(6-10)17-9-11-3-2-4-12(15)7-11/h2-8,17H,9,16H2,1H3. The van der Waals surface area contributed by atoms with Crippen molar-refractivity contribution in [3.63, 3.8) is 0 Å². The van der Waals surface area contributed by atoms with Crippen LogP contribution < -0.4 is 11.1 Å². The van der Waals surface area contributed by atoms with Crippen molar-refractivity contribution in [2.45, 2.75) is 13.5 Å². The van der Waals surface area contributed by atoms with Crippen LogP contribution >= 0.6 is 0 Å². The fourth-order valence-corrected chi connectivity index (χ4v) is 1.77. The van der Waals surface area contributed by atoms with Gasteiger partial charge in [0.15, 0.2) is 0 Å². The summed E-state index contributed by atoms with van der Waals surface area (Å²) in [6.45, 7) is 2.57. The van der Waals surface area contributed by atoms with Crippen LogP contribution in [0.25, 0.3) is 0 Å². The molecule has 0 saturated carbocycles. The van der Waals surface area contributed by atoms with Gasteiger partial charge in [-0.25, -0.2) is 4.39 Å². The fourth-order valence-electron chi connectivity index (χ4n) is 1.77. The second kappa shape index (κ2) is 4.87. The third-order valence-electron chi connectivity index (χ3n) is 2.49. The third kappa shape index (κ3) is 3.21. The van der Waals surface area contributed by atoms with Crippen LogP contribution in [0.5, 0.6) is 0 Å². The summed E-state index contributed by atoms with van der Waals surface area (Å²) in [4.78, 5) is 0. The Morgan fingerprint density at radius 1 is 1.18 bits per heavy atom. The van der Waals surface area contributed by atoms with Crippen molar-refractivity contribution in [3.8, 4) is 0 Å². The number of anilines is 2. The van der Waals surface area contributed by atoms with Crippen molar-refractivity contribution in [3.05, 3.63) is 59.4 Å². The molecule has 0 atom stereocenters. The van der Waals surface area contributed by atoms with Gasteiger partial charge in [0.2, 0.25) is 0 Å². The minimum Gasteiger partial charge on any atom is -0.399 e. The van der Waals surface area contributed by atoms with E-state index in [0.29, 0.717) is 6.54 Å². The Bertz CT molecular complexity index is 503. The molecule has 0 amide bonds. The summed E-state index contributed by atoms with van der Waals surface area (Å²) in [5, 5.41) is 3.22. The van der Waals surface area contributed by atoms with Crippen molar-refractivity contribution in [1.29, 1.82) is 0 Å². The topological polar surface area (TPSA) is 38.0 Å². The van der Waals surface area contributed by atoms with E-state index in [2.05, 4.69) is 5.32 Å². The molecule has 0 saturated heterocycles. The first-order valence-corrected chi connectivity index (χ1v) is 5.49. The molecule has 0 spiro atoms. The lowest BCUT2D eigenvalue weighted by atomic mass is 10.2. The number of hydrogen-bond acceptors (Lipinski definition) is 2. The number of hydrogen-bond donors (Lipinski definition) is 2. The number of aryl methyl sites for hydroxylation is 1. The molecular formula is C14H15FN2. The highest BCUT2D eigenvalue weighted by Crippen LogP contribution is 2.16. The molecule has 0 aromatic heterocycles. The molecule has 3 N–H and O–H groups in total. The number of benzene rings is 2. The van der Waals surface area contributed by atoms with E-state index in [0.717, 1.165) is 22.5 Å². The average Bonchev–Trinajstić information content (AvgIpc) is 2.25. The number of halogens is 1. The SMILES string of the molecule is Cc1cc(N)cc(NCc2cccc(F)c2)c1. The molecule has 0 heterocycles. The molecular weight excluding hydrogens is 215 g/mol. The van der Waals surface area contributed by atoms with Crippen LogP contribution in [0.3, 0.4) is 0 Å². The molecule has 0 unspecified atom stereocenters. The van der Waals surface area contributed by atoms with E-state index in [1.165, 1.54) is 12.1 Å². The molecule has 0 aliphatic heterocycles.